The van der Waals surface area contributed by atoms with Gasteiger partial charge < -0.3 is 9.47 Å². The molecular weight excluding hydrogens is 310 g/mol. The second-order valence-corrected chi connectivity index (χ2v) is 6.41. The lowest BCUT2D eigenvalue weighted by atomic mass is 10.3. The highest BCUT2D eigenvalue weighted by Crippen LogP contribution is 2.34. The molecule has 7 heteroatoms. The van der Waals surface area contributed by atoms with Crippen molar-refractivity contribution in [3.63, 3.8) is 0 Å². The third-order valence-electron chi connectivity index (χ3n) is 1.95. The number of esters is 1. The van der Waals surface area contributed by atoms with E-state index in [0.29, 0.717) is 18.2 Å². The first-order valence-corrected chi connectivity index (χ1v) is 6.71. The molecule has 0 amide bonds. The molecule has 1 saturated carbocycles. The Morgan fingerprint density at radius 1 is 1.24 bits per heavy atom. The van der Waals surface area contributed by atoms with Crippen LogP contribution < -0.4 is 0 Å². The van der Waals surface area contributed by atoms with Crippen LogP contribution in [0.15, 0.2) is 11.3 Å². The van der Waals surface area contributed by atoms with Gasteiger partial charge in [0.25, 0.3) is 0 Å². The minimum absolute atomic E-state index is 0.0625. The maximum absolute atomic E-state index is 11.5. The van der Waals surface area contributed by atoms with Crippen molar-refractivity contribution in [2.75, 3.05) is 19.1 Å². The van der Waals surface area contributed by atoms with Crippen molar-refractivity contribution >= 4 is 52.4 Å². The highest BCUT2D eigenvalue weighted by atomic mass is 35.6. The molecule has 0 saturated heterocycles. The van der Waals surface area contributed by atoms with Crippen molar-refractivity contribution in [2.24, 2.45) is 0 Å². The maximum atomic E-state index is 11.5. The molecule has 0 bridgehead atoms. The average Bonchev–Trinajstić information content (AvgIpc) is 3.04. The van der Waals surface area contributed by atoms with E-state index in [1.807, 2.05) is 0 Å². The SMILES string of the molecule is O=C(CC(OCCCl)=C1CC1)OCC(Cl)(Cl)Cl. The van der Waals surface area contributed by atoms with E-state index in [-0.39, 0.29) is 13.0 Å². The summed E-state index contributed by atoms with van der Waals surface area (Å²) in [6, 6.07) is 0. The lowest BCUT2D eigenvalue weighted by Gasteiger charge is -2.12. The summed E-state index contributed by atoms with van der Waals surface area (Å²) < 4.78 is 8.59. The molecule has 1 rings (SSSR count). The van der Waals surface area contributed by atoms with E-state index in [9.17, 15) is 4.79 Å². The number of alkyl halides is 4. The minimum Gasteiger partial charge on any atom is -0.496 e. The Bertz CT molecular complexity index is 303. The monoisotopic (exact) mass is 320 g/mol. The summed E-state index contributed by atoms with van der Waals surface area (Å²) >= 11 is 21.9. The molecule has 0 spiro atoms. The molecule has 98 valence electrons. The van der Waals surface area contributed by atoms with Crippen molar-refractivity contribution in [1.82, 2.24) is 0 Å². The van der Waals surface area contributed by atoms with Crippen molar-refractivity contribution < 1.29 is 14.3 Å². The van der Waals surface area contributed by atoms with Gasteiger partial charge in [-0.1, -0.05) is 34.8 Å². The second kappa shape index (κ2) is 6.93. The zero-order valence-corrected chi connectivity index (χ0v) is 12.0. The second-order valence-electron chi connectivity index (χ2n) is 3.52. The highest BCUT2D eigenvalue weighted by molar-refractivity contribution is 6.67. The van der Waals surface area contributed by atoms with E-state index in [1.165, 1.54) is 0 Å². The lowest BCUT2D eigenvalue weighted by Crippen LogP contribution is -2.18. The molecule has 0 aromatic heterocycles. The first kappa shape index (κ1) is 15.2. The molecule has 0 unspecified atom stereocenters. The van der Waals surface area contributed by atoms with Crippen LogP contribution in [0.25, 0.3) is 0 Å². The smallest absolute Gasteiger partial charge is 0.313 e. The van der Waals surface area contributed by atoms with Crippen molar-refractivity contribution in [3.8, 4) is 0 Å². The van der Waals surface area contributed by atoms with E-state index in [2.05, 4.69) is 0 Å². The predicted octanol–water partition coefficient (Wildman–Crippen LogP) is 3.59. The van der Waals surface area contributed by atoms with E-state index >= 15 is 0 Å². The fourth-order valence-corrected chi connectivity index (χ4v) is 1.37. The number of rotatable bonds is 6. The Labute approximate surface area is 120 Å². The minimum atomic E-state index is -1.58. The number of carbonyl (C=O) groups excluding carboxylic acids is 1. The molecule has 0 radical (unpaired) electrons. The molecule has 0 aromatic carbocycles. The Kier molecular flexibility index (Phi) is 6.21. The number of hydrogen-bond acceptors (Lipinski definition) is 3. The molecule has 0 atom stereocenters. The number of halogens is 4. The van der Waals surface area contributed by atoms with Gasteiger partial charge in [-0.25, -0.2) is 0 Å². The van der Waals surface area contributed by atoms with Crippen LogP contribution in [0.4, 0.5) is 0 Å². The summed E-state index contributed by atoms with van der Waals surface area (Å²) in [6.45, 7) is 0.104. The summed E-state index contributed by atoms with van der Waals surface area (Å²) in [6.07, 6.45) is 1.97. The van der Waals surface area contributed by atoms with E-state index < -0.39 is 9.76 Å². The molecule has 3 nitrogen and oxygen atoms in total. The molecule has 1 fully saturated rings. The fraction of sp³-hybridized carbons (Fsp3) is 0.700. The topological polar surface area (TPSA) is 35.5 Å². The van der Waals surface area contributed by atoms with Crippen molar-refractivity contribution in [2.45, 2.75) is 23.1 Å². The van der Waals surface area contributed by atoms with Crippen LogP contribution in [0.3, 0.4) is 0 Å². The van der Waals surface area contributed by atoms with Gasteiger partial charge in [0, 0.05) is 0 Å². The third kappa shape index (κ3) is 7.24. The summed E-state index contributed by atoms with van der Waals surface area (Å²) in [4.78, 5) is 11.5. The zero-order chi connectivity index (χ0) is 12.9. The van der Waals surface area contributed by atoms with Crippen LogP contribution in [-0.2, 0) is 14.3 Å². The number of carbonyl (C=O) groups is 1. The van der Waals surface area contributed by atoms with E-state index in [0.717, 1.165) is 18.4 Å². The zero-order valence-electron chi connectivity index (χ0n) is 8.98. The molecule has 0 aliphatic heterocycles. The molecule has 0 heterocycles. The molecular formula is C10H12Cl4O3. The summed E-state index contributed by atoms with van der Waals surface area (Å²) in [5, 5.41) is 0. The van der Waals surface area contributed by atoms with Gasteiger partial charge in [-0.3, -0.25) is 4.79 Å². The summed E-state index contributed by atoms with van der Waals surface area (Å²) in [5.41, 5.74) is 1.13. The van der Waals surface area contributed by atoms with Crippen LogP contribution in [-0.4, -0.2) is 28.9 Å². The van der Waals surface area contributed by atoms with Crippen LogP contribution in [0.2, 0.25) is 0 Å². The van der Waals surface area contributed by atoms with Gasteiger partial charge in [0.1, 0.15) is 25.4 Å². The van der Waals surface area contributed by atoms with Crippen molar-refractivity contribution in [1.29, 1.82) is 0 Å². The van der Waals surface area contributed by atoms with Gasteiger partial charge >= 0.3 is 5.97 Å². The quantitative estimate of drug-likeness (QED) is 0.426. The first-order valence-electron chi connectivity index (χ1n) is 5.04. The highest BCUT2D eigenvalue weighted by Gasteiger charge is 2.25. The van der Waals surface area contributed by atoms with E-state index in [1.54, 1.807) is 0 Å². The normalized spacial score (nSPS) is 14.5. The lowest BCUT2D eigenvalue weighted by molar-refractivity contribution is -0.143. The molecule has 1 aliphatic carbocycles. The molecule has 1 aliphatic rings. The fourth-order valence-electron chi connectivity index (χ4n) is 1.13. The maximum Gasteiger partial charge on any atom is 0.313 e. The van der Waals surface area contributed by atoms with Gasteiger partial charge in [-0.15, -0.1) is 11.6 Å². The first-order chi connectivity index (χ1) is 7.92. The van der Waals surface area contributed by atoms with Gasteiger partial charge in [0.05, 0.1) is 5.88 Å². The summed E-state index contributed by atoms with van der Waals surface area (Å²) in [7, 11) is 0. The predicted molar refractivity (Wildman–Crippen MR) is 68.8 cm³/mol. The van der Waals surface area contributed by atoms with E-state index in [4.69, 9.17) is 55.9 Å². The Morgan fingerprint density at radius 2 is 1.88 bits per heavy atom. The number of hydrogen-bond donors (Lipinski definition) is 0. The van der Waals surface area contributed by atoms with Crippen molar-refractivity contribution in [3.05, 3.63) is 11.3 Å². The Hall–Kier alpha value is 0.170. The molecule has 17 heavy (non-hydrogen) atoms. The van der Waals surface area contributed by atoms with Crippen LogP contribution in [0, 0.1) is 0 Å². The molecule has 0 aromatic rings. The Morgan fingerprint density at radius 3 is 2.35 bits per heavy atom. The van der Waals surface area contributed by atoms with Gasteiger partial charge in [-0.2, -0.15) is 0 Å². The largest absolute Gasteiger partial charge is 0.496 e. The van der Waals surface area contributed by atoms with Crippen LogP contribution in [0.1, 0.15) is 19.3 Å². The summed E-state index contributed by atoms with van der Waals surface area (Å²) in [5.74, 6) is 0.542. The van der Waals surface area contributed by atoms with Gasteiger partial charge in [0.2, 0.25) is 3.79 Å². The standard InChI is InChI=1S/C10H12Cl4O3/c11-3-4-16-8(7-1-2-7)5-9(15)17-6-10(12,13)14/h1-6H2. The van der Waals surface area contributed by atoms with Crippen LogP contribution >= 0.6 is 46.4 Å². The number of allylic oxidation sites excluding steroid dienone is 1. The van der Waals surface area contributed by atoms with Gasteiger partial charge in [0.15, 0.2) is 0 Å². The Balaban J connectivity index is 2.36. The number of ether oxygens (including phenoxy) is 2. The van der Waals surface area contributed by atoms with Gasteiger partial charge in [-0.05, 0) is 18.4 Å². The van der Waals surface area contributed by atoms with Crippen LogP contribution in [0.5, 0.6) is 0 Å². The average molecular weight is 322 g/mol. The molecule has 0 N–H and O–H groups in total. The third-order valence-corrected chi connectivity index (χ3v) is 2.43.